The highest BCUT2D eigenvalue weighted by atomic mass is 32.1. The fourth-order valence-corrected chi connectivity index (χ4v) is 3.48. The van der Waals surface area contributed by atoms with Crippen molar-refractivity contribution in [3.63, 3.8) is 0 Å². The van der Waals surface area contributed by atoms with Gasteiger partial charge in [-0.05, 0) is 46.4 Å². The molecule has 0 bridgehead atoms. The number of thiazole rings is 1. The Kier molecular flexibility index (Phi) is 8.88. The molecule has 4 nitrogen and oxygen atoms in total. The molecule has 1 heterocycles. The number of anilines is 1. The molecule has 0 aromatic carbocycles. The zero-order valence-electron chi connectivity index (χ0n) is 14.4. The largest absolute Gasteiger partial charge is 0.348 e. The third-order valence-corrected chi connectivity index (χ3v) is 5.14. The molecule has 0 amide bonds. The lowest BCUT2D eigenvalue weighted by molar-refractivity contribution is 0.301. The molecule has 0 saturated carbocycles. The zero-order valence-corrected chi connectivity index (χ0v) is 15.2. The average Bonchev–Trinajstić information content (AvgIpc) is 2.98. The Morgan fingerprint density at radius 2 is 1.86 bits per heavy atom. The first kappa shape index (κ1) is 18.4. The van der Waals surface area contributed by atoms with Crippen LogP contribution in [0.3, 0.4) is 0 Å². The van der Waals surface area contributed by atoms with E-state index in [1.165, 1.54) is 17.8 Å². The monoisotopic (exact) mass is 312 g/mol. The lowest BCUT2D eigenvalue weighted by Crippen LogP contribution is -2.29. The third-order valence-electron chi connectivity index (χ3n) is 3.90. The fourth-order valence-electron chi connectivity index (χ4n) is 2.44. The summed E-state index contributed by atoms with van der Waals surface area (Å²) in [6, 6.07) is 0.399. The molecule has 1 unspecified atom stereocenters. The van der Waals surface area contributed by atoms with E-state index < -0.39 is 0 Å². The van der Waals surface area contributed by atoms with Crippen molar-refractivity contribution in [2.24, 2.45) is 0 Å². The summed E-state index contributed by atoms with van der Waals surface area (Å²) in [5, 5.41) is 4.61. The minimum Gasteiger partial charge on any atom is -0.348 e. The van der Waals surface area contributed by atoms with Crippen molar-refractivity contribution < 1.29 is 0 Å². The van der Waals surface area contributed by atoms with E-state index >= 15 is 0 Å². The highest BCUT2D eigenvalue weighted by Crippen LogP contribution is 2.27. The van der Waals surface area contributed by atoms with Crippen LogP contribution in [0.2, 0.25) is 0 Å². The SMILES string of the molecule is CCNC(C)c1cnc(N(CC)CCCN(CC)CC)s1. The number of hydrogen-bond donors (Lipinski definition) is 1. The van der Waals surface area contributed by atoms with E-state index in [1.54, 1.807) is 0 Å². The smallest absolute Gasteiger partial charge is 0.185 e. The van der Waals surface area contributed by atoms with Crippen molar-refractivity contribution in [2.75, 3.05) is 44.2 Å². The van der Waals surface area contributed by atoms with Gasteiger partial charge in [-0.3, -0.25) is 0 Å². The van der Waals surface area contributed by atoms with Gasteiger partial charge in [-0.1, -0.05) is 20.8 Å². The summed E-state index contributed by atoms with van der Waals surface area (Å²) in [5.74, 6) is 0. The zero-order chi connectivity index (χ0) is 15.7. The van der Waals surface area contributed by atoms with Gasteiger partial charge in [0.15, 0.2) is 5.13 Å². The predicted molar refractivity (Wildman–Crippen MR) is 94.5 cm³/mol. The van der Waals surface area contributed by atoms with Crippen LogP contribution in [0.4, 0.5) is 5.13 Å². The van der Waals surface area contributed by atoms with E-state index in [9.17, 15) is 0 Å². The maximum absolute atomic E-state index is 4.62. The van der Waals surface area contributed by atoms with Crippen LogP contribution in [0.1, 0.15) is 52.0 Å². The van der Waals surface area contributed by atoms with E-state index in [0.717, 1.165) is 37.9 Å². The summed E-state index contributed by atoms with van der Waals surface area (Å²) in [4.78, 5) is 10.8. The average molecular weight is 313 g/mol. The molecule has 0 aliphatic heterocycles. The van der Waals surface area contributed by atoms with Crippen LogP contribution in [-0.2, 0) is 0 Å². The molecule has 1 N–H and O–H groups in total. The van der Waals surface area contributed by atoms with Crippen molar-refractivity contribution in [2.45, 2.75) is 47.1 Å². The topological polar surface area (TPSA) is 31.4 Å². The normalized spacial score (nSPS) is 12.9. The van der Waals surface area contributed by atoms with Crippen molar-refractivity contribution in [1.82, 2.24) is 15.2 Å². The van der Waals surface area contributed by atoms with Gasteiger partial charge in [0.2, 0.25) is 0 Å². The lowest BCUT2D eigenvalue weighted by atomic mass is 10.3. The molecule has 1 atom stereocenters. The summed E-state index contributed by atoms with van der Waals surface area (Å²) >= 11 is 1.82. The fraction of sp³-hybridized carbons (Fsp3) is 0.812. The molecular weight excluding hydrogens is 280 g/mol. The minimum atomic E-state index is 0.399. The van der Waals surface area contributed by atoms with E-state index in [-0.39, 0.29) is 0 Å². The van der Waals surface area contributed by atoms with Crippen LogP contribution in [0.25, 0.3) is 0 Å². The van der Waals surface area contributed by atoms with Gasteiger partial charge >= 0.3 is 0 Å². The second kappa shape index (κ2) is 10.1. The Balaban J connectivity index is 2.52. The number of nitrogens with one attached hydrogen (secondary N) is 1. The minimum absolute atomic E-state index is 0.399. The van der Waals surface area contributed by atoms with E-state index in [0.29, 0.717) is 6.04 Å². The molecule has 1 aromatic heterocycles. The Morgan fingerprint density at radius 3 is 2.43 bits per heavy atom. The van der Waals surface area contributed by atoms with E-state index in [4.69, 9.17) is 0 Å². The van der Waals surface area contributed by atoms with Crippen molar-refractivity contribution in [3.8, 4) is 0 Å². The van der Waals surface area contributed by atoms with Crippen LogP contribution in [-0.4, -0.2) is 49.2 Å². The highest BCUT2D eigenvalue weighted by molar-refractivity contribution is 7.15. The van der Waals surface area contributed by atoms with Gasteiger partial charge in [0, 0.05) is 30.2 Å². The standard InChI is InChI=1S/C16H32N4S/c1-6-17-14(5)15-13-18-16(21-15)20(9-4)12-10-11-19(7-2)8-3/h13-14,17H,6-12H2,1-5H3. The van der Waals surface area contributed by atoms with Crippen molar-refractivity contribution in [3.05, 3.63) is 11.1 Å². The van der Waals surface area contributed by atoms with Gasteiger partial charge < -0.3 is 15.1 Å². The molecule has 5 heteroatoms. The van der Waals surface area contributed by atoms with Gasteiger partial charge in [0.25, 0.3) is 0 Å². The quantitative estimate of drug-likeness (QED) is 0.679. The summed E-state index contributed by atoms with van der Waals surface area (Å²) < 4.78 is 0. The Bertz CT molecular complexity index is 376. The molecule has 0 aliphatic rings. The lowest BCUT2D eigenvalue weighted by Gasteiger charge is -2.23. The van der Waals surface area contributed by atoms with Gasteiger partial charge in [0.1, 0.15) is 0 Å². The summed E-state index contributed by atoms with van der Waals surface area (Å²) in [6.07, 6.45) is 3.23. The third kappa shape index (κ3) is 5.93. The summed E-state index contributed by atoms with van der Waals surface area (Å²) in [6.45, 7) is 17.6. The maximum atomic E-state index is 4.62. The molecule has 0 aliphatic carbocycles. The predicted octanol–water partition coefficient (Wildman–Crippen LogP) is 3.37. The molecule has 21 heavy (non-hydrogen) atoms. The van der Waals surface area contributed by atoms with Crippen LogP contribution < -0.4 is 10.2 Å². The molecule has 122 valence electrons. The van der Waals surface area contributed by atoms with E-state index in [1.807, 2.05) is 17.5 Å². The molecule has 1 aromatic rings. The van der Waals surface area contributed by atoms with Gasteiger partial charge in [-0.25, -0.2) is 4.98 Å². The molecule has 0 saturated heterocycles. The van der Waals surface area contributed by atoms with Crippen LogP contribution >= 0.6 is 11.3 Å². The van der Waals surface area contributed by atoms with Crippen LogP contribution in [0.15, 0.2) is 6.20 Å². The molecule has 1 rings (SSSR count). The highest BCUT2D eigenvalue weighted by Gasteiger charge is 2.13. The van der Waals surface area contributed by atoms with E-state index in [2.05, 4.69) is 54.7 Å². The Labute approximate surface area is 134 Å². The van der Waals surface area contributed by atoms with Gasteiger partial charge in [0.05, 0.1) is 0 Å². The first-order valence-electron chi connectivity index (χ1n) is 8.32. The Hall–Kier alpha value is -0.650. The molecular formula is C16H32N4S. The van der Waals surface area contributed by atoms with Crippen LogP contribution in [0, 0.1) is 0 Å². The van der Waals surface area contributed by atoms with Gasteiger partial charge in [-0.15, -0.1) is 11.3 Å². The van der Waals surface area contributed by atoms with Crippen molar-refractivity contribution >= 4 is 16.5 Å². The van der Waals surface area contributed by atoms with Gasteiger partial charge in [-0.2, -0.15) is 0 Å². The maximum Gasteiger partial charge on any atom is 0.185 e. The number of aromatic nitrogens is 1. The number of nitrogens with zero attached hydrogens (tertiary/aromatic N) is 3. The Morgan fingerprint density at radius 1 is 1.14 bits per heavy atom. The second-order valence-corrected chi connectivity index (χ2v) is 6.33. The second-order valence-electron chi connectivity index (χ2n) is 5.28. The first-order chi connectivity index (χ1) is 10.2. The number of rotatable bonds is 11. The summed E-state index contributed by atoms with van der Waals surface area (Å²) in [5.41, 5.74) is 0. The first-order valence-corrected chi connectivity index (χ1v) is 9.14. The molecule has 0 radical (unpaired) electrons. The molecule has 0 spiro atoms. The van der Waals surface area contributed by atoms with Crippen molar-refractivity contribution in [1.29, 1.82) is 0 Å². The number of hydrogen-bond acceptors (Lipinski definition) is 5. The summed E-state index contributed by atoms with van der Waals surface area (Å²) in [7, 11) is 0. The molecule has 0 fully saturated rings. The van der Waals surface area contributed by atoms with Crippen LogP contribution in [0.5, 0.6) is 0 Å².